The van der Waals surface area contributed by atoms with Crippen molar-refractivity contribution in [2.45, 2.75) is 6.61 Å². The van der Waals surface area contributed by atoms with Gasteiger partial charge in [0.05, 0.1) is 26.9 Å². The van der Waals surface area contributed by atoms with E-state index in [0.717, 1.165) is 35.5 Å². The maximum absolute atomic E-state index is 13.0. The molecular formula is C25H25NO4. The van der Waals surface area contributed by atoms with Crippen molar-refractivity contribution >= 4 is 11.5 Å². The Morgan fingerprint density at radius 1 is 0.967 bits per heavy atom. The van der Waals surface area contributed by atoms with Crippen LogP contribution in [0.1, 0.15) is 21.5 Å². The van der Waals surface area contributed by atoms with E-state index in [9.17, 15) is 9.90 Å². The first-order valence-corrected chi connectivity index (χ1v) is 10.1. The molecule has 1 N–H and O–H groups in total. The smallest absolute Gasteiger partial charge is 0.193 e. The third kappa shape index (κ3) is 4.08. The molecule has 1 fully saturated rings. The lowest BCUT2D eigenvalue weighted by Crippen LogP contribution is -2.36. The first kappa shape index (κ1) is 20.1. The number of morpholine rings is 1. The predicted molar refractivity (Wildman–Crippen MR) is 117 cm³/mol. The maximum atomic E-state index is 13.0. The molecule has 1 heterocycles. The lowest BCUT2D eigenvalue weighted by Gasteiger charge is -2.31. The van der Waals surface area contributed by atoms with E-state index >= 15 is 0 Å². The minimum atomic E-state index is -0.0974. The van der Waals surface area contributed by atoms with Gasteiger partial charge in [-0.05, 0) is 29.3 Å². The fourth-order valence-corrected chi connectivity index (χ4v) is 3.81. The fraction of sp³-hybridized carbons (Fsp3) is 0.240. The first-order valence-electron chi connectivity index (χ1n) is 10.1. The van der Waals surface area contributed by atoms with Gasteiger partial charge in [0.15, 0.2) is 5.78 Å². The molecular weight excluding hydrogens is 378 g/mol. The molecule has 5 heteroatoms. The van der Waals surface area contributed by atoms with Crippen molar-refractivity contribution in [3.8, 4) is 16.9 Å². The minimum Gasteiger partial charge on any atom is -0.497 e. The number of ether oxygens (including phenoxy) is 2. The molecule has 3 aromatic rings. The summed E-state index contributed by atoms with van der Waals surface area (Å²) in [6.07, 6.45) is 0. The van der Waals surface area contributed by atoms with Gasteiger partial charge < -0.3 is 19.5 Å². The van der Waals surface area contributed by atoms with E-state index < -0.39 is 0 Å². The summed E-state index contributed by atoms with van der Waals surface area (Å²) >= 11 is 0. The predicted octanol–water partition coefficient (Wildman–Crippen LogP) is 3.92. The zero-order valence-corrected chi connectivity index (χ0v) is 17.0. The summed E-state index contributed by atoms with van der Waals surface area (Å²) in [6, 6.07) is 20.8. The molecule has 0 saturated carbocycles. The van der Waals surface area contributed by atoms with E-state index in [4.69, 9.17) is 9.47 Å². The second-order valence-electron chi connectivity index (χ2n) is 7.21. The fourth-order valence-electron chi connectivity index (χ4n) is 3.81. The molecule has 4 rings (SSSR count). The van der Waals surface area contributed by atoms with E-state index in [0.29, 0.717) is 30.1 Å². The van der Waals surface area contributed by atoms with Crippen LogP contribution >= 0.6 is 0 Å². The van der Waals surface area contributed by atoms with E-state index in [1.807, 2.05) is 66.7 Å². The summed E-state index contributed by atoms with van der Waals surface area (Å²) in [5.41, 5.74) is 4.97. The number of aliphatic hydroxyl groups is 1. The monoisotopic (exact) mass is 403 g/mol. The van der Waals surface area contributed by atoms with Crippen LogP contribution in [-0.2, 0) is 11.3 Å². The summed E-state index contributed by atoms with van der Waals surface area (Å²) in [7, 11) is 1.61. The van der Waals surface area contributed by atoms with Crippen molar-refractivity contribution < 1.29 is 19.4 Å². The van der Waals surface area contributed by atoms with Gasteiger partial charge in [0.25, 0.3) is 0 Å². The van der Waals surface area contributed by atoms with Crippen LogP contribution in [0.3, 0.4) is 0 Å². The summed E-state index contributed by atoms with van der Waals surface area (Å²) < 4.78 is 10.8. The topological polar surface area (TPSA) is 59.0 Å². The molecule has 5 nitrogen and oxygen atoms in total. The van der Waals surface area contributed by atoms with Crippen LogP contribution in [0.4, 0.5) is 5.69 Å². The molecule has 30 heavy (non-hydrogen) atoms. The Bertz CT molecular complexity index is 1030. The summed E-state index contributed by atoms with van der Waals surface area (Å²) in [4.78, 5) is 15.3. The number of carbonyl (C=O) groups is 1. The average Bonchev–Trinajstić information content (AvgIpc) is 2.84. The van der Waals surface area contributed by atoms with E-state index in [1.165, 1.54) is 0 Å². The molecule has 0 amide bonds. The Morgan fingerprint density at radius 3 is 2.40 bits per heavy atom. The van der Waals surface area contributed by atoms with Crippen LogP contribution in [0, 0.1) is 0 Å². The van der Waals surface area contributed by atoms with Crippen LogP contribution < -0.4 is 9.64 Å². The molecule has 154 valence electrons. The Morgan fingerprint density at radius 2 is 1.70 bits per heavy atom. The van der Waals surface area contributed by atoms with Gasteiger partial charge in [0.1, 0.15) is 5.75 Å². The van der Waals surface area contributed by atoms with Gasteiger partial charge in [-0.1, -0.05) is 48.5 Å². The van der Waals surface area contributed by atoms with Crippen molar-refractivity contribution in [1.29, 1.82) is 0 Å². The zero-order chi connectivity index (χ0) is 20.9. The van der Waals surface area contributed by atoms with Crippen molar-refractivity contribution in [3.05, 3.63) is 83.4 Å². The number of hydrogen-bond donors (Lipinski definition) is 1. The van der Waals surface area contributed by atoms with Crippen LogP contribution in [0.15, 0.2) is 66.7 Å². The summed E-state index contributed by atoms with van der Waals surface area (Å²) in [5, 5.41) is 9.95. The number of ketones is 1. The highest BCUT2D eigenvalue weighted by molar-refractivity contribution is 6.10. The standard InChI is InChI=1S/C25H25NO4/c1-29-21-8-10-22(20(15-21)17-27)23-9-7-19(25(28)18-5-3-2-4-6-18)16-24(23)26-11-13-30-14-12-26/h2-10,15-16,27H,11-14,17H2,1H3. The highest BCUT2D eigenvalue weighted by Gasteiger charge is 2.20. The summed E-state index contributed by atoms with van der Waals surface area (Å²) in [5.74, 6) is 0.695. The largest absolute Gasteiger partial charge is 0.497 e. The second kappa shape index (κ2) is 9.11. The number of benzene rings is 3. The van der Waals surface area contributed by atoms with Crippen LogP contribution in [-0.4, -0.2) is 44.3 Å². The molecule has 0 aromatic heterocycles. The van der Waals surface area contributed by atoms with Crippen molar-refractivity contribution in [3.63, 3.8) is 0 Å². The van der Waals surface area contributed by atoms with Gasteiger partial charge in [0, 0.05) is 35.5 Å². The van der Waals surface area contributed by atoms with Gasteiger partial charge in [0.2, 0.25) is 0 Å². The van der Waals surface area contributed by atoms with E-state index in [1.54, 1.807) is 7.11 Å². The van der Waals surface area contributed by atoms with Gasteiger partial charge >= 0.3 is 0 Å². The van der Waals surface area contributed by atoms with Crippen molar-refractivity contribution in [1.82, 2.24) is 0 Å². The number of anilines is 1. The van der Waals surface area contributed by atoms with Crippen LogP contribution in [0.2, 0.25) is 0 Å². The summed E-state index contributed by atoms with van der Waals surface area (Å²) in [6.45, 7) is 2.69. The molecule has 0 spiro atoms. The van der Waals surface area contributed by atoms with Crippen molar-refractivity contribution in [2.24, 2.45) is 0 Å². The molecule has 0 aliphatic carbocycles. The third-order valence-electron chi connectivity index (χ3n) is 5.42. The third-order valence-corrected chi connectivity index (χ3v) is 5.42. The van der Waals surface area contributed by atoms with Gasteiger partial charge in [-0.25, -0.2) is 0 Å². The lowest BCUT2D eigenvalue weighted by molar-refractivity contribution is 0.103. The Balaban J connectivity index is 1.81. The highest BCUT2D eigenvalue weighted by atomic mass is 16.5. The molecule has 1 aliphatic rings. The maximum Gasteiger partial charge on any atom is 0.193 e. The van der Waals surface area contributed by atoms with Crippen LogP contribution in [0.5, 0.6) is 5.75 Å². The molecule has 3 aromatic carbocycles. The van der Waals surface area contributed by atoms with Crippen LogP contribution in [0.25, 0.3) is 11.1 Å². The number of carbonyl (C=O) groups excluding carboxylic acids is 1. The molecule has 0 radical (unpaired) electrons. The normalized spacial score (nSPS) is 13.9. The lowest BCUT2D eigenvalue weighted by atomic mass is 9.94. The van der Waals surface area contributed by atoms with Gasteiger partial charge in [-0.3, -0.25) is 4.79 Å². The molecule has 0 bridgehead atoms. The molecule has 1 aliphatic heterocycles. The van der Waals surface area contributed by atoms with Gasteiger partial charge in [-0.2, -0.15) is 0 Å². The quantitative estimate of drug-likeness (QED) is 0.632. The molecule has 0 unspecified atom stereocenters. The Labute approximate surface area is 176 Å². The molecule has 1 saturated heterocycles. The van der Waals surface area contributed by atoms with Crippen molar-refractivity contribution in [2.75, 3.05) is 38.3 Å². The number of rotatable bonds is 6. The van der Waals surface area contributed by atoms with E-state index in [2.05, 4.69) is 4.90 Å². The highest BCUT2D eigenvalue weighted by Crippen LogP contribution is 2.36. The Hall–Kier alpha value is -3.15. The Kier molecular flexibility index (Phi) is 6.12. The SMILES string of the molecule is COc1ccc(-c2ccc(C(=O)c3ccccc3)cc2N2CCOCC2)c(CO)c1. The minimum absolute atomic E-state index is 0.00577. The zero-order valence-electron chi connectivity index (χ0n) is 17.0. The van der Waals surface area contributed by atoms with E-state index in [-0.39, 0.29) is 12.4 Å². The average molecular weight is 403 g/mol. The molecule has 0 atom stereocenters. The number of hydrogen-bond acceptors (Lipinski definition) is 5. The second-order valence-corrected chi connectivity index (χ2v) is 7.21. The number of methoxy groups -OCH3 is 1. The number of nitrogens with zero attached hydrogens (tertiary/aromatic N) is 1. The first-order chi connectivity index (χ1) is 14.7. The number of aliphatic hydroxyl groups excluding tert-OH is 1. The van der Waals surface area contributed by atoms with Gasteiger partial charge in [-0.15, -0.1) is 0 Å².